The molecule has 1 aliphatic rings. The van der Waals surface area contributed by atoms with Crippen molar-refractivity contribution in [3.63, 3.8) is 0 Å². The van der Waals surface area contributed by atoms with Gasteiger partial charge in [-0.2, -0.15) is 13.2 Å². The van der Waals surface area contributed by atoms with Gasteiger partial charge >= 0.3 is 11.5 Å². The highest BCUT2D eigenvalue weighted by Crippen LogP contribution is 2.37. The van der Waals surface area contributed by atoms with Crippen LogP contribution in [0.3, 0.4) is 0 Å². The molecule has 122 valence electrons. The largest absolute Gasteiger partial charge is 0.446 e. The van der Waals surface area contributed by atoms with Crippen molar-refractivity contribution in [3.05, 3.63) is 24.3 Å². The van der Waals surface area contributed by atoms with E-state index in [0.29, 0.717) is 18.8 Å². The van der Waals surface area contributed by atoms with Crippen LogP contribution in [0.5, 0.6) is 0 Å². The Morgan fingerprint density at radius 1 is 1.41 bits per heavy atom. The molecule has 2 N–H and O–H groups in total. The van der Waals surface area contributed by atoms with Crippen molar-refractivity contribution in [3.8, 4) is 0 Å². The smallest absolute Gasteiger partial charge is 0.381 e. The molecular weight excluding hydrogens is 317 g/mol. The molecule has 4 nitrogen and oxygen atoms in total. The molecule has 1 fully saturated rings. The zero-order valence-electron chi connectivity index (χ0n) is 11.8. The summed E-state index contributed by atoms with van der Waals surface area (Å²) in [5.41, 5.74) is -4.02. The molecule has 1 unspecified atom stereocenters. The van der Waals surface area contributed by atoms with Crippen molar-refractivity contribution in [1.82, 2.24) is 5.32 Å². The summed E-state index contributed by atoms with van der Waals surface area (Å²) < 4.78 is 42.3. The topological polar surface area (TPSA) is 50.4 Å². The van der Waals surface area contributed by atoms with E-state index in [4.69, 9.17) is 4.74 Å². The van der Waals surface area contributed by atoms with Gasteiger partial charge in [0.05, 0.1) is 6.61 Å². The molecule has 0 aliphatic carbocycles. The lowest BCUT2D eigenvalue weighted by molar-refractivity contribution is -0.0328. The number of alkyl halides is 3. The van der Waals surface area contributed by atoms with Gasteiger partial charge in [0.1, 0.15) is 0 Å². The van der Waals surface area contributed by atoms with Crippen molar-refractivity contribution in [2.24, 2.45) is 5.92 Å². The SMILES string of the molecule is O=C(NCC1CCCOC1)Nc1cccc(SC(F)(F)F)c1. The highest BCUT2D eigenvalue weighted by Gasteiger charge is 2.29. The predicted octanol–water partition coefficient (Wildman–Crippen LogP) is 3.85. The van der Waals surface area contributed by atoms with Crippen LogP contribution < -0.4 is 10.6 Å². The van der Waals surface area contributed by atoms with Crippen molar-refractivity contribution in [1.29, 1.82) is 0 Å². The van der Waals surface area contributed by atoms with Crippen molar-refractivity contribution in [2.45, 2.75) is 23.2 Å². The molecule has 0 spiro atoms. The van der Waals surface area contributed by atoms with E-state index in [9.17, 15) is 18.0 Å². The van der Waals surface area contributed by atoms with E-state index in [1.807, 2.05) is 0 Å². The van der Waals surface area contributed by atoms with Crippen LogP contribution >= 0.6 is 11.8 Å². The maximum absolute atomic E-state index is 12.3. The van der Waals surface area contributed by atoms with E-state index in [0.717, 1.165) is 19.4 Å². The number of anilines is 1. The van der Waals surface area contributed by atoms with E-state index in [2.05, 4.69) is 10.6 Å². The summed E-state index contributed by atoms with van der Waals surface area (Å²) >= 11 is -0.210. The number of benzene rings is 1. The summed E-state index contributed by atoms with van der Waals surface area (Å²) in [5.74, 6) is 0.284. The molecule has 0 bridgehead atoms. The van der Waals surface area contributed by atoms with Gasteiger partial charge < -0.3 is 15.4 Å². The van der Waals surface area contributed by atoms with Gasteiger partial charge in [-0.25, -0.2) is 4.79 Å². The minimum absolute atomic E-state index is 0.0333. The van der Waals surface area contributed by atoms with E-state index in [1.54, 1.807) is 6.07 Å². The lowest BCUT2D eigenvalue weighted by Crippen LogP contribution is -2.35. The zero-order chi connectivity index (χ0) is 16.0. The maximum Gasteiger partial charge on any atom is 0.446 e. The van der Waals surface area contributed by atoms with Crippen LogP contribution in [0.1, 0.15) is 12.8 Å². The molecule has 0 radical (unpaired) electrons. The molecule has 2 rings (SSSR count). The van der Waals surface area contributed by atoms with Crippen LogP contribution in [0.15, 0.2) is 29.2 Å². The molecule has 1 aromatic carbocycles. The van der Waals surface area contributed by atoms with Gasteiger partial charge in [-0.1, -0.05) is 6.07 Å². The Labute approximate surface area is 130 Å². The highest BCUT2D eigenvalue weighted by molar-refractivity contribution is 8.00. The molecule has 1 saturated heterocycles. The first-order valence-corrected chi connectivity index (χ1v) is 7.72. The number of ether oxygens (including phenoxy) is 1. The second kappa shape index (κ2) is 7.73. The normalized spacial score (nSPS) is 18.8. The van der Waals surface area contributed by atoms with Crippen LogP contribution in [0.4, 0.5) is 23.7 Å². The molecule has 22 heavy (non-hydrogen) atoms. The van der Waals surface area contributed by atoms with Crippen LogP contribution in [-0.2, 0) is 4.74 Å². The van der Waals surface area contributed by atoms with Crippen LogP contribution in [0.25, 0.3) is 0 Å². The van der Waals surface area contributed by atoms with E-state index < -0.39 is 11.5 Å². The Morgan fingerprint density at radius 3 is 2.91 bits per heavy atom. The summed E-state index contributed by atoms with van der Waals surface area (Å²) in [4.78, 5) is 11.8. The fraction of sp³-hybridized carbons (Fsp3) is 0.500. The second-order valence-electron chi connectivity index (χ2n) is 4.99. The van der Waals surface area contributed by atoms with E-state index >= 15 is 0 Å². The summed E-state index contributed by atoms with van der Waals surface area (Å²) in [7, 11) is 0. The third-order valence-corrected chi connectivity index (χ3v) is 3.85. The number of amides is 2. The Bertz CT molecular complexity index is 505. The fourth-order valence-electron chi connectivity index (χ4n) is 2.15. The van der Waals surface area contributed by atoms with Gasteiger partial charge in [0, 0.05) is 23.7 Å². The molecule has 0 aromatic heterocycles. The molecule has 1 aliphatic heterocycles. The third kappa shape index (κ3) is 6.15. The first-order chi connectivity index (χ1) is 10.4. The van der Waals surface area contributed by atoms with Crippen molar-refractivity contribution < 1.29 is 22.7 Å². The molecule has 0 saturated carbocycles. The average molecular weight is 334 g/mol. The summed E-state index contributed by atoms with van der Waals surface area (Å²) in [6.45, 7) is 1.87. The summed E-state index contributed by atoms with van der Waals surface area (Å²) in [5, 5.41) is 5.25. The highest BCUT2D eigenvalue weighted by atomic mass is 32.2. The molecular formula is C14H17F3N2O2S. The van der Waals surface area contributed by atoms with Crippen molar-refractivity contribution in [2.75, 3.05) is 25.1 Å². The number of thioether (sulfide) groups is 1. The average Bonchev–Trinajstić information content (AvgIpc) is 2.45. The predicted molar refractivity (Wildman–Crippen MR) is 78.9 cm³/mol. The number of nitrogens with one attached hydrogen (secondary N) is 2. The second-order valence-corrected chi connectivity index (χ2v) is 6.13. The molecule has 1 atom stereocenters. The number of hydrogen-bond acceptors (Lipinski definition) is 3. The Balaban J connectivity index is 1.81. The van der Waals surface area contributed by atoms with Gasteiger partial charge in [-0.15, -0.1) is 0 Å². The zero-order valence-corrected chi connectivity index (χ0v) is 12.6. The summed E-state index contributed by atoms with van der Waals surface area (Å²) in [6.07, 6.45) is 1.97. The maximum atomic E-state index is 12.3. The summed E-state index contributed by atoms with van der Waals surface area (Å²) in [6, 6.07) is 5.23. The fourth-order valence-corrected chi connectivity index (χ4v) is 2.75. The third-order valence-electron chi connectivity index (χ3n) is 3.13. The molecule has 1 heterocycles. The van der Waals surface area contributed by atoms with Gasteiger partial charge in [0.15, 0.2) is 0 Å². The molecule has 2 amide bonds. The monoisotopic (exact) mass is 334 g/mol. The van der Waals surface area contributed by atoms with Gasteiger partial charge in [-0.3, -0.25) is 0 Å². The quantitative estimate of drug-likeness (QED) is 0.823. The molecule has 1 aromatic rings. The first-order valence-electron chi connectivity index (χ1n) is 6.91. The van der Waals surface area contributed by atoms with Crippen LogP contribution in [0, 0.1) is 5.92 Å². The number of halogens is 3. The van der Waals surface area contributed by atoms with E-state index in [1.165, 1.54) is 18.2 Å². The number of rotatable bonds is 4. The minimum atomic E-state index is -4.35. The minimum Gasteiger partial charge on any atom is -0.381 e. The van der Waals surface area contributed by atoms with Crippen LogP contribution in [0.2, 0.25) is 0 Å². The number of carbonyl (C=O) groups is 1. The van der Waals surface area contributed by atoms with Gasteiger partial charge in [0.2, 0.25) is 0 Å². The van der Waals surface area contributed by atoms with Crippen LogP contribution in [-0.4, -0.2) is 31.3 Å². The van der Waals surface area contributed by atoms with Gasteiger partial charge in [-0.05, 0) is 48.7 Å². The van der Waals surface area contributed by atoms with E-state index in [-0.39, 0.29) is 22.6 Å². The van der Waals surface area contributed by atoms with Gasteiger partial charge in [0.25, 0.3) is 0 Å². The number of urea groups is 1. The Morgan fingerprint density at radius 2 is 2.23 bits per heavy atom. The number of hydrogen-bond donors (Lipinski definition) is 2. The standard InChI is InChI=1S/C14H17F3N2O2S/c15-14(16,17)22-12-5-1-4-11(7-12)19-13(20)18-8-10-3-2-6-21-9-10/h1,4-5,7,10H,2-3,6,8-9H2,(H2,18,19,20). The Kier molecular flexibility index (Phi) is 5.96. The van der Waals surface area contributed by atoms with Crippen molar-refractivity contribution >= 4 is 23.5 Å². The molecule has 8 heteroatoms. The lowest BCUT2D eigenvalue weighted by Gasteiger charge is -2.22. The number of carbonyl (C=O) groups excluding carboxylic acids is 1. The first kappa shape index (κ1) is 17.0. The Hall–Kier alpha value is -1.41. The lowest BCUT2D eigenvalue weighted by atomic mass is 10.0.